The van der Waals surface area contributed by atoms with Crippen LogP contribution in [0.1, 0.15) is 16.4 Å². The number of carbonyl (C=O) groups is 1. The average molecular weight is 336 g/mol. The zero-order valence-corrected chi connectivity index (χ0v) is 13.2. The van der Waals surface area contributed by atoms with E-state index < -0.39 is 17.7 Å². The predicted octanol–water partition coefficient (Wildman–Crippen LogP) is 2.45. The lowest BCUT2D eigenvalue weighted by Crippen LogP contribution is -2.35. The molecule has 0 saturated heterocycles. The minimum Gasteiger partial charge on any atom is -0.310 e. The zero-order valence-electron chi connectivity index (χ0n) is 12.4. The number of H-pyrrole nitrogens is 1. The molecule has 0 radical (unpaired) electrons. The first kappa shape index (κ1) is 14.5. The van der Waals surface area contributed by atoms with Crippen LogP contribution in [-0.2, 0) is 4.79 Å². The first-order valence-corrected chi connectivity index (χ1v) is 8.23. The van der Waals surface area contributed by atoms with Crippen LogP contribution in [0.5, 0.6) is 0 Å². The number of carbonyl (C=O) groups excluding carboxylic acids is 1. The fourth-order valence-electron chi connectivity index (χ4n) is 3.02. The first-order valence-electron chi connectivity index (χ1n) is 7.35. The molecule has 0 fully saturated rings. The molecule has 3 heterocycles. The molecule has 1 aliphatic rings. The Balaban J connectivity index is 1.95. The van der Waals surface area contributed by atoms with Crippen molar-refractivity contribution < 1.29 is 4.79 Å². The molecule has 4 rings (SSSR count). The summed E-state index contributed by atoms with van der Waals surface area (Å²) in [6.45, 7) is 0. The second-order valence-electron chi connectivity index (χ2n) is 5.47. The van der Waals surface area contributed by atoms with Gasteiger partial charge in [0.05, 0.1) is 23.2 Å². The number of amides is 1. The maximum Gasteiger partial charge on any atom is 0.277 e. The fourth-order valence-corrected chi connectivity index (χ4v) is 3.89. The highest BCUT2D eigenvalue weighted by Crippen LogP contribution is 2.39. The van der Waals surface area contributed by atoms with Crippen molar-refractivity contribution in [3.63, 3.8) is 0 Å². The number of fused-ring (bicyclic) bond motifs is 1. The van der Waals surface area contributed by atoms with Gasteiger partial charge in [-0.25, -0.2) is 4.68 Å². The van der Waals surface area contributed by atoms with Gasteiger partial charge in [0.15, 0.2) is 0 Å². The third kappa shape index (κ3) is 2.08. The molecule has 0 bridgehead atoms. The summed E-state index contributed by atoms with van der Waals surface area (Å²) in [5, 5.41) is 16.9. The van der Waals surface area contributed by atoms with E-state index in [1.54, 1.807) is 12.1 Å². The monoisotopic (exact) mass is 336 g/mol. The number of nitrogens with zero attached hydrogens (tertiary/aromatic N) is 2. The third-order valence-corrected chi connectivity index (χ3v) is 5.06. The number of aromatic amines is 1. The molecule has 2 N–H and O–H groups in total. The van der Waals surface area contributed by atoms with Gasteiger partial charge in [0.25, 0.3) is 5.56 Å². The van der Waals surface area contributed by atoms with Crippen LogP contribution >= 0.6 is 11.3 Å². The maximum absolute atomic E-state index is 13.0. The summed E-state index contributed by atoms with van der Waals surface area (Å²) in [4.78, 5) is 26.1. The normalized spacial score (nSPS) is 19.4. The van der Waals surface area contributed by atoms with E-state index in [2.05, 4.69) is 10.4 Å². The summed E-state index contributed by atoms with van der Waals surface area (Å²) in [6, 6.07) is 14.9. The Kier molecular flexibility index (Phi) is 3.32. The Morgan fingerprint density at radius 3 is 2.58 bits per heavy atom. The quantitative estimate of drug-likeness (QED) is 0.753. The van der Waals surface area contributed by atoms with Crippen LogP contribution in [0.2, 0.25) is 0 Å². The van der Waals surface area contributed by atoms with Crippen molar-refractivity contribution in [3.8, 4) is 11.8 Å². The molecule has 3 aromatic rings. The molecule has 1 aromatic carbocycles. The Labute approximate surface area is 141 Å². The van der Waals surface area contributed by atoms with Gasteiger partial charge in [-0.05, 0) is 23.6 Å². The molecule has 2 atom stereocenters. The molecular formula is C17H12N4O2S. The van der Waals surface area contributed by atoms with Crippen molar-refractivity contribution in [2.24, 2.45) is 5.92 Å². The van der Waals surface area contributed by atoms with Crippen molar-refractivity contribution in [2.75, 3.05) is 5.32 Å². The first-order chi connectivity index (χ1) is 11.7. The Morgan fingerprint density at radius 1 is 1.12 bits per heavy atom. The van der Waals surface area contributed by atoms with Crippen LogP contribution in [0.3, 0.4) is 0 Å². The highest BCUT2D eigenvalue weighted by Gasteiger charge is 2.41. The average Bonchev–Trinajstić information content (AvgIpc) is 3.23. The number of hydrogen-bond acceptors (Lipinski definition) is 4. The zero-order chi connectivity index (χ0) is 16.7. The number of anilines is 1. The largest absolute Gasteiger partial charge is 0.310 e. The number of para-hydroxylation sites is 1. The van der Waals surface area contributed by atoms with Gasteiger partial charge in [0.1, 0.15) is 11.7 Å². The molecule has 118 valence electrons. The van der Waals surface area contributed by atoms with Crippen LogP contribution in [0, 0.1) is 17.2 Å². The van der Waals surface area contributed by atoms with Crippen LogP contribution in [-0.4, -0.2) is 15.7 Å². The van der Waals surface area contributed by atoms with Gasteiger partial charge in [-0.2, -0.15) is 5.26 Å². The maximum atomic E-state index is 13.0. The van der Waals surface area contributed by atoms with E-state index in [-0.39, 0.29) is 5.56 Å². The van der Waals surface area contributed by atoms with Crippen LogP contribution in [0.25, 0.3) is 5.69 Å². The lowest BCUT2D eigenvalue weighted by molar-refractivity contribution is -0.119. The van der Waals surface area contributed by atoms with Crippen molar-refractivity contribution in [1.82, 2.24) is 9.78 Å². The minimum absolute atomic E-state index is 0.255. The predicted molar refractivity (Wildman–Crippen MR) is 90.3 cm³/mol. The Hall–Kier alpha value is -3.11. The van der Waals surface area contributed by atoms with Crippen LogP contribution < -0.4 is 10.9 Å². The van der Waals surface area contributed by atoms with E-state index >= 15 is 0 Å². The summed E-state index contributed by atoms with van der Waals surface area (Å²) >= 11 is 1.43. The van der Waals surface area contributed by atoms with Gasteiger partial charge in [0.2, 0.25) is 5.91 Å². The van der Waals surface area contributed by atoms with E-state index in [0.717, 1.165) is 4.88 Å². The summed E-state index contributed by atoms with van der Waals surface area (Å²) in [5.74, 6) is -1.53. The number of aromatic nitrogens is 2. The van der Waals surface area contributed by atoms with Crippen LogP contribution in [0.15, 0.2) is 52.6 Å². The van der Waals surface area contributed by atoms with Crippen molar-refractivity contribution >= 4 is 23.1 Å². The van der Waals surface area contributed by atoms with E-state index in [1.807, 2.05) is 41.8 Å². The molecule has 6 nitrogen and oxygen atoms in total. The molecule has 2 aromatic heterocycles. The minimum atomic E-state index is -0.927. The number of rotatable bonds is 2. The highest BCUT2D eigenvalue weighted by atomic mass is 32.1. The fraction of sp³-hybridized carbons (Fsp3) is 0.118. The SMILES string of the molecule is N#CC1C(=O)Nc2[nH]n(-c3ccccc3)c(=O)c2C1c1cccs1. The molecule has 1 amide bonds. The van der Waals surface area contributed by atoms with Gasteiger partial charge in [-0.1, -0.05) is 24.3 Å². The van der Waals surface area contributed by atoms with E-state index in [4.69, 9.17) is 0 Å². The highest BCUT2D eigenvalue weighted by molar-refractivity contribution is 7.10. The number of benzene rings is 1. The van der Waals surface area contributed by atoms with Crippen molar-refractivity contribution in [1.29, 1.82) is 5.26 Å². The van der Waals surface area contributed by atoms with E-state index in [0.29, 0.717) is 17.1 Å². The molecule has 0 aliphatic carbocycles. The smallest absolute Gasteiger partial charge is 0.277 e. The summed E-state index contributed by atoms with van der Waals surface area (Å²) in [5.41, 5.74) is 0.840. The number of nitrogens with one attached hydrogen (secondary N) is 2. The third-order valence-electron chi connectivity index (χ3n) is 4.10. The molecule has 24 heavy (non-hydrogen) atoms. The van der Waals surface area contributed by atoms with Gasteiger partial charge < -0.3 is 5.32 Å². The lowest BCUT2D eigenvalue weighted by atomic mass is 9.83. The number of hydrogen-bond donors (Lipinski definition) is 2. The van der Waals surface area contributed by atoms with Crippen LogP contribution in [0.4, 0.5) is 5.82 Å². The molecule has 7 heteroatoms. The molecule has 2 unspecified atom stereocenters. The molecule has 0 spiro atoms. The summed E-state index contributed by atoms with van der Waals surface area (Å²) < 4.78 is 1.39. The second kappa shape index (κ2) is 5.51. The molecule has 1 aliphatic heterocycles. The topological polar surface area (TPSA) is 90.7 Å². The van der Waals surface area contributed by atoms with Crippen molar-refractivity contribution in [3.05, 3.63) is 68.6 Å². The summed E-state index contributed by atoms with van der Waals surface area (Å²) in [6.07, 6.45) is 0. The van der Waals surface area contributed by atoms with Crippen molar-refractivity contribution in [2.45, 2.75) is 5.92 Å². The second-order valence-corrected chi connectivity index (χ2v) is 6.44. The Morgan fingerprint density at radius 2 is 1.92 bits per heavy atom. The standard InChI is InChI=1S/C17H12N4O2S/c18-9-11-13(12-7-4-8-24-12)14-15(19-16(11)22)20-21(17(14)23)10-5-2-1-3-6-10/h1-8,11,13,20H,(H,19,22). The lowest BCUT2D eigenvalue weighted by Gasteiger charge is -2.24. The number of thiophene rings is 1. The van der Waals surface area contributed by atoms with Gasteiger partial charge in [0, 0.05) is 4.88 Å². The Bertz CT molecular complexity index is 996. The van der Waals surface area contributed by atoms with Gasteiger partial charge in [-0.15, -0.1) is 11.3 Å². The van der Waals surface area contributed by atoms with E-state index in [9.17, 15) is 14.9 Å². The molecule has 0 saturated carbocycles. The van der Waals surface area contributed by atoms with Gasteiger partial charge >= 0.3 is 0 Å². The molecular weight excluding hydrogens is 324 g/mol. The van der Waals surface area contributed by atoms with Gasteiger partial charge in [-0.3, -0.25) is 14.7 Å². The summed E-state index contributed by atoms with van der Waals surface area (Å²) in [7, 11) is 0. The number of nitriles is 1. The van der Waals surface area contributed by atoms with E-state index in [1.165, 1.54) is 16.0 Å².